The van der Waals surface area contributed by atoms with Gasteiger partial charge in [-0.1, -0.05) is 20.8 Å². The van der Waals surface area contributed by atoms with Crippen molar-refractivity contribution in [3.8, 4) is 0 Å². The maximum Gasteiger partial charge on any atom is 0 e. The Bertz CT molecular complexity index is 306. The number of aromatic nitrogens is 1. The van der Waals surface area contributed by atoms with Crippen molar-refractivity contribution in [3.63, 3.8) is 0 Å². The molecule has 0 saturated carbocycles. The molecular formula is C11H14NY-. The standard InChI is InChI=1S/C11H14N.Y/c1-7(2)11-6-8(3)9(4)10(5)12-11;/h1H2,2-5H3;/q-1;. The minimum atomic E-state index is 0. The smallest absolute Gasteiger partial charge is 0 e. The second kappa shape index (κ2) is 5.02. The zero-order chi connectivity index (χ0) is 9.30. The summed E-state index contributed by atoms with van der Waals surface area (Å²) in [4.78, 5) is 4.38. The molecule has 0 atom stereocenters. The first-order valence-corrected chi connectivity index (χ1v) is 4.05. The molecule has 1 nitrogen and oxygen atoms in total. The van der Waals surface area contributed by atoms with Crippen LogP contribution < -0.4 is 0 Å². The van der Waals surface area contributed by atoms with Crippen LogP contribution in [0, 0.1) is 26.8 Å². The molecule has 0 saturated heterocycles. The fourth-order valence-corrected chi connectivity index (χ4v) is 1.02. The summed E-state index contributed by atoms with van der Waals surface area (Å²) in [5.41, 5.74) is 5.32. The van der Waals surface area contributed by atoms with E-state index in [1.54, 1.807) is 0 Å². The topological polar surface area (TPSA) is 12.9 Å². The Hall–Kier alpha value is -0.00610. The van der Waals surface area contributed by atoms with E-state index in [1.807, 2.05) is 13.8 Å². The second-order valence-electron chi connectivity index (χ2n) is 3.20. The van der Waals surface area contributed by atoms with E-state index < -0.39 is 0 Å². The van der Waals surface area contributed by atoms with E-state index in [1.165, 1.54) is 11.1 Å². The fraction of sp³-hybridized carbons (Fsp3) is 0.364. The Morgan fingerprint density at radius 3 is 2.23 bits per heavy atom. The van der Waals surface area contributed by atoms with E-state index in [0.717, 1.165) is 17.0 Å². The second-order valence-corrected chi connectivity index (χ2v) is 3.20. The van der Waals surface area contributed by atoms with Crippen LogP contribution in [0.4, 0.5) is 0 Å². The summed E-state index contributed by atoms with van der Waals surface area (Å²) in [6.07, 6.45) is 0. The Labute approximate surface area is 106 Å². The number of rotatable bonds is 1. The van der Waals surface area contributed by atoms with E-state index in [9.17, 15) is 0 Å². The summed E-state index contributed by atoms with van der Waals surface area (Å²) >= 11 is 0. The molecule has 1 radical (unpaired) electrons. The molecule has 0 aliphatic heterocycles. The number of hydrogen-bond donors (Lipinski definition) is 0. The van der Waals surface area contributed by atoms with Gasteiger partial charge in [0.1, 0.15) is 0 Å². The molecule has 0 aromatic carbocycles. The third-order valence-electron chi connectivity index (χ3n) is 2.09. The van der Waals surface area contributed by atoms with Crippen LogP contribution in [-0.4, -0.2) is 4.98 Å². The molecule has 0 spiro atoms. The summed E-state index contributed by atoms with van der Waals surface area (Å²) in [5.74, 6) is 0. The number of pyridine rings is 1. The van der Waals surface area contributed by atoms with Gasteiger partial charge in [0, 0.05) is 32.7 Å². The van der Waals surface area contributed by atoms with Gasteiger partial charge in [0.2, 0.25) is 0 Å². The van der Waals surface area contributed by atoms with Crippen molar-refractivity contribution in [1.29, 1.82) is 0 Å². The fourth-order valence-electron chi connectivity index (χ4n) is 1.02. The van der Waals surface area contributed by atoms with Gasteiger partial charge in [0.25, 0.3) is 0 Å². The van der Waals surface area contributed by atoms with Crippen LogP contribution in [0.25, 0.3) is 5.57 Å². The molecular weight excluding hydrogens is 235 g/mol. The molecule has 2 heteroatoms. The average Bonchev–Trinajstić information content (AvgIpc) is 1.99. The Kier molecular flexibility index (Phi) is 5.02. The maximum atomic E-state index is 4.38. The molecule has 0 bridgehead atoms. The summed E-state index contributed by atoms with van der Waals surface area (Å²) in [5, 5.41) is 0. The molecule has 13 heavy (non-hydrogen) atoms. The molecule has 0 fully saturated rings. The van der Waals surface area contributed by atoms with Gasteiger partial charge in [-0.2, -0.15) is 11.6 Å². The maximum absolute atomic E-state index is 4.38. The molecule has 1 heterocycles. The Morgan fingerprint density at radius 1 is 1.31 bits per heavy atom. The van der Waals surface area contributed by atoms with Gasteiger partial charge in [0.05, 0.1) is 0 Å². The summed E-state index contributed by atoms with van der Waals surface area (Å²) < 4.78 is 0. The largest absolute Gasteiger partial charge is 0.293 e. The predicted octanol–water partition coefficient (Wildman–Crippen LogP) is 2.84. The summed E-state index contributed by atoms with van der Waals surface area (Å²) in [7, 11) is 0. The van der Waals surface area contributed by atoms with Gasteiger partial charge in [-0.05, 0) is 18.3 Å². The van der Waals surface area contributed by atoms with E-state index in [0.29, 0.717) is 0 Å². The monoisotopic (exact) mass is 249 g/mol. The van der Waals surface area contributed by atoms with Crippen molar-refractivity contribution in [1.82, 2.24) is 4.98 Å². The van der Waals surface area contributed by atoms with Crippen molar-refractivity contribution in [2.24, 2.45) is 0 Å². The van der Waals surface area contributed by atoms with Crippen LogP contribution >= 0.6 is 0 Å². The van der Waals surface area contributed by atoms with E-state index in [2.05, 4.69) is 31.5 Å². The van der Waals surface area contributed by atoms with Gasteiger partial charge < -0.3 is 0 Å². The predicted molar refractivity (Wildman–Crippen MR) is 52.0 cm³/mol. The summed E-state index contributed by atoms with van der Waals surface area (Å²) in [6.45, 7) is 11.9. The van der Waals surface area contributed by atoms with Crippen molar-refractivity contribution in [2.75, 3.05) is 0 Å². The van der Waals surface area contributed by atoms with E-state index in [-0.39, 0.29) is 32.7 Å². The van der Waals surface area contributed by atoms with Gasteiger partial charge in [-0.25, -0.2) is 0 Å². The minimum Gasteiger partial charge on any atom is -0.293 e. The van der Waals surface area contributed by atoms with Crippen molar-refractivity contribution >= 4 is 5.57 Å². The molecule has 0 unspecified atom stereocenters. The minimum absolute atomic E-state index is 0. The van der Waals surface area contributed by atoms with E-state index in [4.69, 9.17) is 0 Å². The van der Waals surface area contributed by atoms with Crippen molar-refractivity contribution < 1.29 is 32.7 Å². The molecule has 0 aliphatic rings. The third kappa shape index (κ3) is 3.00. The van der Waals surface area contributed by atoms with Crippen LogP contribution in [0.3, 0.4) is 0 Å². The third-order valence-corrected chi connectivity index (χ3v) is 2.09. The SMILES string of the molecule is C=C(C)c1[c-]c(C)c(C)c(C)n1.[Y]. The van der Waals surface area contributed by atoms with Crippen molar-refractivity contribution in [2.45, 2.75) is 27.7 Å². The van der Waals surface area contributed by atoms with Gasteiger partial charge in [-0.15, -0.1) is 17.7 Å². The van der Waals surface area contributed by atoms with Gasteiger partial charge >= 0.3 is 0 Å². The quantitative estimate of drug-likeness (QED) is 0.697. The van der Waals surface area contributed by atoms with Crippen LogP contribution in [0.5, 0.6) is 0 Å². The van der Waals surface area contributed by atoms with E-state index >= 15 is 0 Å². The Morgan fingerprint density at radius 2 is 1.85 bits per heavy atom. The number of hydrogen-bond acceptors (Lipinski definition) is 1. The molecule has 0 aliphatic carbocycles. The number of nitrogens with zero attached hydrogens (tertiary/aromatic N) is 1. The molecule has 0 amide bonds. The van der Waals surface area contributed by atoms with Crippen LogP contribution in [0.2, 0.25) is 0 Å². The molecule has 1 aromatic rings. The zero-order valence-corrected chi connectivity index (χ0v) is 11.6. The first kappa shape index (κ1) is 13.0. The number of aryl methyl sites for hydroxylation is 2. The van der Waals surface area contributed by atoms with Crippen LogP contribution in [0.15, 0.2) is 6.58 Å². The molecule has 1 rings (SSSR count). The normalized spacial score (nSPS) is 9.23. The average molecular weight is 249 g/mol. The van der Waals surface area contributed by atoms with Gasteiger partial charge in [0.15, 0.2) is 0 Å². The van der Waals surface area contributed by atoms with Crippen molar-refractivity contribution in [3.05, 3.63) is 35.2 Å². The van der Waals surface area contributed by atoms with Crippen LogP contribution in [0.1, 0.15) is 29.4 Å². The van der Waals surface area contributed by atoms with Crippen LogP contribution in [-0.2, 0) is 32.7 Å². The number of allylic oxidation sites excluding steroid dienone is 1. The first-order chi connectivity index (χ1) is 5.52. The molecule has 1 aromatic heterocycles. The molecule has 67 valence electrons. The zero-order valence-electron chi connectivity index (χ0n) is 8.73. The summed E-state index contributed by atoms with van der Waals surface area (Å²) in [6, 6.07) is 3.21. The van der Waals surface area contributed by atoms with Gasteiger partial charge in [-0.3, -0.25) is 4.98 Å². The first-order valence-electron chi connectivity index (χ1n) is 4.05. The molecule has 0 N–H and O–H groups in total. The Balaban J connectivity index is 0.00000144.